The summed E-state index contributed by atoms with van der Waals surface area (Å²) in [6, 6.07) is 5.26. The van der Waals surface area contributed by atoms with E-state index in [2.05, 4.69) is 13.8 Å². The Hall–Kier alpha value is -1.88. The highest BCUT2D eigenvalue weighted by molar-refractivity contribution is 6.34. The molecule has 2 aromatic rings. The van der Waals surface area contributed by atoms with Crippen LogP contribution in [-0.4, -0.2) is 22.9 Å². The standard InChI is InChI=1S/C21H28ClFN2O2/c1-5-10-14(6-2)27-21-17(8-4)24-20(16(7-3)25-21)15-11-9-12-18(19(15)22)26-13-23/h9,11-12,14H,5-8,10,13H2,1-4H3. The molecule has 0 bridgehead atoms. The van der Waals surface area contributed by atoms with Crippen molar-refractivity contribution in [1.82, 2.24) is 9.97 Å². The maximum absolute atomic E-state index is 12.6. The van der Waals surface area contributed by atoms with Crippen LogP contribution in [0.1, 0.15) is 58.3 Å². The third kappa shape index (κ3) is 5.10. The van der Waals surface area contributed by atoms with Gasteiger partial charge in [0.25, 0.3) is 0 Å². The summed E-state index contributed by atoms with van der Waals surface area (Å²) >= 11 is 6.44. The van der Waals surface area contributed by atoms with Gasteiger partial charge < -0.3 is 9.47 Å². The lowest BCUT2D eigenvalue weighted by molar-refractivity contribution is 0.175. The fourth-order valence-corrected chi connectivity index (χ4v) is 3.23. The molecule has 0 aliphatic heterocycles. The van der Waals surface area contributed by atoms with Crippen molar-refractivity contribution >= 4 is 11.6 Å². The summed E-state index contributed by atoms with van der Waals surface area (Å²) < 4.78 is 23.7. The quantitative estimate of drug-likeness (QED) is 0.482. The van der Waals surface area contributed by atoms with Crippen LogP contribution < -0.4 is 9.47 Å². The Balaban J connectivity index is 2.51. The highest BCUT2D eigenvalue weighted by Crippen LogP contribution is 2.37. The van der Waals surface area contributed by atoms with E-state index in [1.165, 1.54) is 0 Å². The predicted molar refractivity (Wildman–Crippen MR) is 107 cm³/mol. The fraction of sp³-hybridized carbons (Fsp3) is 0.524. The summed E-state index contributed by atoms with van der Waals surface area (Å²) in [4.78, 5) is 9.59. The van der Waals surface area contributed by atoms with Gasteiger partial charge in [-0.05, 0) is 31.7 Å². The average molecular weight is 395 g/mol. The number of halogens is 2. The molecule has 1 atom stereocenters. The van der Waals surface area contributed by atoms with Crippen molar-refractivity contribution in [3.63, 3.8) is 0 Å². The van der Waals surface area contributed by atoms with Crippen LogP contribution in [-0.2, 0) is 12.8 Å². The molecule has 1 aromatic heterocycles. The Labute approximate surface area is 166 Å². The molecule has 4 nitrogen and oxygen atoms in total. The molecule has 1 unspecified atom stereocenters. The van der Waals surface area contributed by atoms with Gasteiger partial charge in [-0.15, -0.1) is 0 Å². The zero-order valence-electron chi connectivity index (χ0n) is 16.5. The third-order valence-corrected chi connectivity index (χ3v) is 4.84. The van der Waals surface area contributed by atoms with Crippen LogP contribution >= 0.6 is 11.6 Å². The van der Waals surface area contributed by atoms with Crippen molar-refractivity contribution in [2.75, 3.05) is 6.86 Å². The largest absolute Gasteiger partial charge is 0.473 e. The number of hydrogen-bond acceptors (Lipinski definition) is 4. The molecule has 1 heterocycles. The Kier molecular flexibility index (Phi) is 8.29. The summed E-state index contributed by atoms with van der Waals surface area (Å²) in [5.41, 5.74) is 2.98. The Bertz CT molecular complexity index is 755. The highest BCUT2D eigenvalue weighted by atomic mass is 35.5. The van der Waals surface area contributed by atoms with Gasteiger partial charge in [-0.25, -0.2) is 14.4 Å². The van der Waals surface area contributed by atoms with E-state index in [9.17, 15) is 4.39 Å². The molecule has 0 saturated heterocycles. The molecule has 0 spiro atoms. The Morgan fingerprint density at radius 2 is 1.81 bits per heavy atom. The molecule has 2 rings (SSSR count). The van der Waals surface area contributed by atoms with Gasteiger partial charge in [0, 0.05) is 5.56 Å². The van der Waals surface area contributed by atoms with E-state index >= 15 is 0 Å². The van der Waals surface area contributed by atoms with Crippen LogP contribution in [0.5, 0.6) is 11.6 Å². The van der Waals surface area contributed by atoms with E-state index in [4.69, 9.17) is 31.0 Å². The summed E-state index contributed by atoms with van der Waals surface area (Å²) in [5, 5.41) is 0.340. The highest BCUT2D eigenvalue weighted by Gasteiger charge is 2.20. The number of alkyl halides is 1. The van der Waals surface area contributed by atoms with E-state index in [0.717, 1.165) is 30.7 Å². The summed E-state index contributed by atoms with van der Waals surface area (Å²) in [6.45, 7) is 7.37. The monoisotopic (exact) mass is 394 g/mol. The Morgan fingerprint density at radius 1 is 1.07 bits per heavy atom. The minimum Gasteiger partial charge on any atom is -0.473 e. The van der Waals surface area contributed by atoms with Gasteiger partial charge in [-0.3, -0.25) is 0 Å². The molecule has 0 aliphatic carbocycles. The van der Waals surface area contributed by atoms with Gasteiger partial charge in [0.2, 0.25) is 12.7 Å². The molecule has 27 heavy (non-hydrogen) atoms. The lowest BCUT2D eigenvalue weighted by Gasteiger charge is -2.20. The van der Waals surface area contributed by atoms with Gasteiger partial charge in [0.15, 0.2) is 0 Å². The molecule has 1 aromatic carbocycles. The number of aryl methyl sites for hydroxylation is 2. The second kappa shape index (κ2) is 10.5. The maximum Gasteiger partial charge on any atom is 0.236 e. The van der Waals surface area contributed by atoms with Gasteiger partial charge in [0.05, 0.1) is 16.4 Å². The molecule has 6 heteroatoms. The minimum atomic E-state index is -0.932. The second-order valence-electron chi connectivity index (χ2n) is 6.29. The molecular formula is C21H28ClFN2O2. The first kappa shape index (κ1) is 21.4. The van der Waals surface area contributed by atoms with Crippen LogP contribution in [0.25, 0.3) is 11.3 Å². The van der Waals surface area contributed by atoms with Crippen LogP contribution in [0.3, 0.4) is 0 Å². The SMILES string of the molecule is CCCC(CC)Oc1nc(CC)c(-c2cccc(OCF)c2Cl)nc1CC. The minimum absolute atomic E-state index is 0.134. The molecule has 0 N–H and O–H groups in total. The number of ether oxygens (including phenoxy) is 2. The van der Waals surface area contributed by atoms with Crippen molar-refractivity contribution in [3.8, 4) is 22.9 Å². The topological polar surface area (TPSA) is 44.2 Å². The maximum atomic E-state index is 12.6. The average Bonchev–Trinajstić information content (AvgIpc) is 2.69. The van der Waals surface area contributed by atoms with Crippen LogP contribution in [0.2, 0.25) is 5.02 Å². The first-order valence-corrected chi connectivity index (χ1v) is 10.0. The van der Waals surface area contributed by atoms with Crippen molar-refractivity contribution < 1.29 is 13.9 Å². The van der Waals surface area contributed by atoms with Gasteiger partial charge >= 0.3 is 0 Å². The van der Waals surface area contributed by atoms with Crippen molar-refractivity contribution in [2.45, 2.75) is 65.9 Å². The van der Waals surface area contributed by atoms with Gasteiger partial charge in [0.1, 0.15) is 17.5 Å². The number of hydrogen-bond donors (Lipinski definition) is 0. The van der Waals surface area contributed by atoms with Crippen LogP contribution in [0.15, 0.2) is 18.2 Å². The predicted octanol–water partition coefficient (Wildman–Crippen LogP) is 6.19. The van der Waals surface area contributed by atoms with E-state index in [1.54, 1.807) is 12.1 Å². The molecule has 0 amide bonds. The number of nitrogens with zero attached hydrogens (tertiary/aromatic N) is 2. The zero-order chi connectivity index (χ0) is 19.8. The number of rotatable bonds is 10. The molecular weight excluding hydrogens is 367 g/mol. The van der Waals surface area contributed by atoms with E-state index in [1.807, 2.05) is 19.9 Å². The summed E-state index contributed by atoms with van der Waals surface area (Å²) in [7, 11) is 0. The fourth-order valence-electron chi connectivity index (χ4n) is 2.96. The molecule has 0 radical (unpaired) electrons. The summed E-state index contributed by atoms with van der Waals surface area (Å²) in [6.07, 6.45) is 4.48. The smallest absolute Gasteiger partial charge is 0.236 e. The number of benzene rings is 1. The van der Waals surface area contributed by atoms with Crippen molar-refractivity contribution in [1.29, 1.82) is 0 Å². The summed E-state index contributed by atoms with van der Waals surface area (Å²) in [5.74, 6) is 0.901. The molecule has 0 fully saturated rings. The first-order chi connectivity index (χ1) is 13.1. The van der Waals surface area contributed by atoms with Crippen molar-refractivity contribution in [2.24, 2.45) is 0 Å². The lowest BCUT2D eigenvalue weighted by Crippen LogP contribution is -2.18. The first-order valence-electron chi connectivity index (χ1n) is 9.63. The van der Waals surface area contributed by atoms with Crippen molar-refractivity contribution in [3.05, 3.63) is 34.6 Å². The lowest BCUT2D eigenvalue weighted by atomic mass is 10.1. The van der Waals surface area contributed by atoms with Crippen LogP contribution in [0, 0.1) is 0 Å². The second-order valence-corrected chi connectivity index (χ2v) is 6.66. The third-order valence-electron chi connectivity index (χ3n) is 4.45. The van der Waals surface area contributed by atoms with E-state index in [-0.39, 0.29) is 6.10 Å². The number of aromatic nitrogens is 2. The molecule has 0 saturated carbocycles. The normalized spacial score (nSPS) is 12.1. The van der Waals surface area contributed by atoms with Gasteiger partial charge in [-0.2, -0.15) is 0 Å². The molecule has 0 aliphatic rings. The van der Waals surface area contributed by atoms with E-state index < -0.39 is 6.86 Å². The van der Waals surface area contributed by atoms with Crippen LogP contribution in [0.4, 0.5) is 4.39 Å². The Morgan fingerprint density at radius 3 is 2.41 bits per heavy atom. The van der Waals surface area contributed by atoms with E-state index in [0.29, 0.717) is 40.8 Å². The zero-order valence-corrected chi connectivity index (χ0v) is 17.3. The molecule has 148 valence electrons. The van der Waals surface area contributed by atoms with Gasteiger partial charge in [-0.1, -0.05) is 57.8 Å².